The van der Waals surface area contributed by atoms with Crippen molar-refractivity contribution in [3.63, 3.8) is 0 Å². The van der Waals surface area contributed by atoms with Crippen molar-refractivity contribution >= 4 is 23.2 Å². The molecule has 0 aliphatic carbocycles. The Kier molecular flexibility index (Phi) is 4.94. The predicted molar refractivity (Wildman–Crippen MR) is 93.7 cm³/mol. The summed E-state index contributed by atoms with van der Waals surface area (Å²) in [5, 5.41) is 17.6. The normalized spacial score (nSPS) is 11.8. The van der Waals surface area contributed by atoms with E-state index in [0.29, 0.717) is 16.1 Å². The molecule has 1 N–H and O–H groups in total. The Morgan fingerprint density at radius 2 is 1.92 bits per heavy atom. The first kappa shape index (κ1) is 17.6. The van der Waals surface area contributed by atoms with Gasteiger partial charge in [0, 0.05) is 17.7 Å². The monoisotopic (exact) mass is 372 g/mol. The average molecular weight is 373 g/mol. The number of nitro groups is 1. The molecule has 0 aliphatic heterocycles. The number of hydrogen-bond donors (Lipinski definition) is 1. The Morgan fingerprint density at radius 1 is 1.23 bits per heavy atom. The van der Waals surface area contributed by atoms with Crippen LogP contribution in [0.5, 0.6) is 0 Å². The van der Waals surface area contributed by atoms with Gasteiger partial charge in [0.25, 0.3) is 11.6 Å². The molecule has 0 fully saturated rings. The first-order valence-corrected chi connectivity index (χ1v) is 7.97. The predicted octanol–water partition coefficient (Wildman–Crippen LogP) is 3.79. The van der Waals surface area contributed by atoms with E-state index in [1.165, 1.54) is 24.3 Å². The molecular weight excluding hydrogens is 360 g/mol. The minimum Gasteiger partial charge on any atom is -0.340 e. The molecule has 8 nitrogen and oxygen atoms in total. The van der Waals surface area contributed by atoms with Crippen LogP contribution in [0.15, 0.2) is 53.1 Å². The highest BCUT2D eigenvalue weighted by Gasteiger charge is 2.19. The largest absolute Gasteiger partial charge is 0.340 e. The summed E-state index contributed by atoms with van der Waals surface area (Å²) in [6.07, 6.45) is 0. The molecule has 3 rings (SSSR count). The van der Waals surface area contributed by atoms with Gasteiger partial charge in [-0.15, -0.1) is 0 Å². The van der Waals surface area contributed by atoms with Gasteiger partial charge in [0.05, 0.1) is 15.5 Å². The minimum absolute atomic E-state index is 0.0298. The summed E-state index contributed by atoms with van der Waals surface area (Å²) < 4.78 is 5.18. The number of hydrogen-bond acceptors (Lipinski definition) is 6. The number of nitrogens with zero attached hydrogens (tertiary/aromatic N) is 3. The Morgan fingerprint density at radius 3 is 2.58 bits per heavy atom. The van der Waals surface area contributed by atoms with Crippen LogP contribution in [0.2, 0.25) is 5.02 Å². The van der Waals surface area contributed by atoms with Crippen molar-refractivity contribution in [1.82, 2.24) is 15.5 Å². The number of benzene rings is 2. The van der Waals surface area contributed by atoms with Crippen molar-refractivity contribution in [3.05, 3.63) is 75.1 Å². The third-order valence-electron chi connectivity index (χ3n) is 3.61. The average Bonchev–Trinajstić information content (AvgIpc) is 3.12. The van der Waals surface area contributed by atoms with Crippen molar-refractivity contribution in [2.24, 2.45) is 0 Å². The SMILES string of the molecule is C[C@@H](NC(=O)c1ccccc1Cl)c1nc(-c2ccc([N+](=O)[O-])cc2)no1. The third kappa shape index (κ3) is 3.70. The Bertz CT molecular complexity index is 955. The van der Waals surface area contributed by atoms with Crippen molar-refractivity contribution in [2.75, 3.05) is 0 Å². The first-order chi connectivity index (χ1) is 12.5. The maximum atomic E-state index is 12.3. The van der Waals surface area contributed by atoms with Gasteiger partial charge in [-0.1, -0.05) is 28.9 Å². The maximum Gasteiger partial charge on any atom is 0.269 e. The number of carbonyl (C=O) groups excluding carboxylic acids is 1. The summed E-state index contributed by atoms with van der Waals surface area (Å²) in [4.78, 5) is 26.7. The molecule has 1 heterocycles. The highest BCUT2D eigenvalue weighted by molar-refractivity contribution is 6.33. The van der Waals surface area contributed by atoms with Gasteiger partial charge < -0.3 is 9.84 Å². The van der Waals surface area contributed by atoms with Crippen molar-refractivity contribution in [1.29, 1.82) is 0 Å². The second-order valence-electron chi connectivity index (χ2n) is 5.44. The number of nitro benzene ring substituents is 1. The summed E-state index contributed by atoms with van der Waals surface area (Å²) in [6.45, 7) is 1.70. The summed E-state index contributed by atoms with van der Waals surface area (Å²) >= 11 is 6.01. The molecule has 0 saturated heterocycles. The zero-order valence-corrected chi connectivity index (χ0v) is 14.3. The topological polar surface area (TPSA) is 111 Å². The Labute approximate surface area is 152 Å². The van der Waals surface area contributed by atoms with E-state index in [4.69, 9.17) is 16.1 Å². The second-order valence-corrected chi connectivity index (χ2v) is 5.84. The lowest BCUT2D eigenvalue weighted by atomic mass is 10.2. The van der Waals surface area contributed by atoms with Gasteiger partial charge in [0.2, 0.25) is 11.7 Å². The highest BCUT2D eigenvalue weighted by Crippen LogP contribution is 2.22. The quantitative estimate of drug-likeness (QED) is 0.538. The summed E-state index contributed by atoms with van der Waals surface area (Å²) in [6, 6.07) is 11.9. The van der Waals surface area contributed by atoms with E-state index in [-0.39, 0.29) is 23.3 Å². The number of rotatable bonds is 5. The van der Waals surface area contributed by atoms with Crippen LogP contribution in [0.1, 0.15) is 29.2 Å². The van der Waals surface area contributed by atoms with Crippen LogP contribution in [0.4, 0.5) is 5.69 Å². The van der Waals surface area contributed by atoms with Crippen molar-refractivity contribution in [3.8, 4) is 11.4 Å². The third-order valence-corrected chi connectivity index (χ3v) is 3.94. The van der Waals surface area contributed by atoms with Gasteiger partial charge in [-0.25, -0.2) is 0 Å². The zero-order valence-electron chi connectivity index (χ0n) is 13.5. The standard InChI is InChI=1S/C17H13ClN4O4/c1-10(19-16(23)13-4-2-3-5-14(13)18)17-20-15(21-26-17)11-6-8-12(9-7-11)22(24)25/h2-10H,1H3,(H,19,23)/t10-/m1/s1. The van der Waals surface area contributed by atoms with Crippen molar-refractivity contribution < 1.29 is 14.2 Å². The summed E-state index contributed by atoms with van der Waals surface area (Å²) in [5.41, 5.74) is 0.879. The lowest BCUT2D eigenvalue weighted by Crippen LogP contribution is -2.27. The zero-order chi connectivity index (χ0) is 18.7. The molecule has 26 heavy (non-hydrogen) atoms. The maximum absolute atomic E-state index is 12.3. The number of nitrogens with one attached hydrogen (secondary N) is 1. The molecule has 0 spiro atoms. The number of non-ortho nitro benzene ring substituents is 1. The van der Waals surface area contributed by atoms with E-state index < -0.39 is 11.0 Å². The molecule has 0 bridgehead atoms. The van der Waals surface area contributed by atoms with E-state index in [9.17, 15) is 14.9 Å². The number of amides is 1. The molecule has 0 saturated carbocycles. The van der Waals surface area contributed by atoms with Crippen LogP contribution in [0.3, 0.4) is 0 Å². The molecule has 1 aromatic heterocycles. The molecule has 0 unspecified atom stereocenters. The van der Waals surface area contributed by atoms with Gasteiger partial charge in [-0.2, -0.15) is 4.98 Å². The molecule has 1 amide bonds. The Hall–Kier alpha value is -3.26. The molecular formula is C17H13ClN4O4. The van der Waals surface area contributed by atoms with E-state index in [1.54, 1.807) is 31.2 Å². The van der Waals surface area contributed by atoms with Gasteiger partial charge in [0.1, 0.15) is 6.04 Å². The number of aromatic nitrogens is 2. The molecule has 2 aromatic carbocycles. The first-order valence-electron chi connectivity index (χ1n) is 7.59. The number of halogens is 1. The smallest absolute Gasteiger partial charge is 0.269 e. The van der Waals surface area contributed by atoms with E-state index in [2.05, 4.69) is 15.5 Å². The lowest BCUT2D eigenvalue weighted by Gasteiger charge is -2.10. The van der Waals surface area contributed by atoms with Gasteiger partial charge in [0.15, 0.2) is 0 Å². The van der Waals surface area contributed by atoms with E-state index >= 15 is 0 Å². The fraction of sp³-hybridized carbons (Fsp3) is 0.118. The van der Waals surface area contributed by atoms with Crippen LogP contribution in [-0.2, 0) is 0 Å². The number of carbonyl (C=O) groups is 1. The van der Waals surface area contributed by atoms with Crippen LogP contribution in [0.25, 0.3) is 11.4 Å². The van der Waals surface area contributed by atoms with E-state index in [0.717, 1.165) is 0 Å². The molecule has 9 heteroatoms. The minimum atomic E-state index is -0.543. The molecule has 3 aromatic rings. The van der Waals surface area contributed by atoms with Gasteiger partial charge in [-0.3, -0.25) is 14.9 Å². The van der Waals surface area contributed by atoms with E-state index in [1.807, 2.05) is 0 Å². The molecule has 132 valence electrons. The van der Waals surface area contributed by atoms with Gasteiger partial charge >= 0.3 is 0 Å². The van der Waals surface area contributed by atoms with Gasteiger partial charge in [-0.05, 0) is 31.2 Å². The van der Waals surface area contributed by atoms with Crippen LogP contribution in [0, 0.1) is 10.1 Å². The fourth-order valence-electron chi connectivity index (χ4n) is 2.24. The summed E-state index contributed by atoms with van der Waals surface area (Å²) in [5.74, 6) is 0.116. The fourth-order valence-corrected chi connectivity index (χ4v) is 2.46. The van der Waals surface area contributed by atoms with Crippen LogP contribution < -0.4 is 5.32 Å². The van der Waals surface area contributed by atoms with Crippen LogP contribution in [-0.4, -0.2) is 21.0 Å². The van der Waals surface area contributed by atoms with Crippen molar-refractivity contribution in [2.45, 2.75) is 13.0 Å². The van der Waals surface area contributed by atoms with Crippen LogP contribution >= 0.6 is 11.6 Å². The molecule has 0 radical (unpaired) electrons. The molecule has 1 atom stereocenters. The summed E-state index contributed by atoms with van der Waals surface area (Å²) in [7, 11) is 0. The second kappa shape index (κ2) is 7.32. The Balaban J connectivity index is 1.73. The highest BCUT2D eigenvalue weighted by atomic mass is 35.5. The lowest BCUT2D eigenvalue weighted by molar-refractivity contribution is -0.384. The molecule has 0 aliphatic rings.